The van der Waals surface area contributed by atoms with E-state index in [1.807, 2.05) is 38.1 Å². The summed E-state index contributed by atoms with van der Waals surface area (Å²) < 4.78 is 1.72. The second-order valence-electron chi connectivity index (χ2n) is 4.93. The number of hydrogen-bond donors (Lipinski definition) is 1. The number of rotatable bonds is 3. The van der Waals surface area contributed by atoms with Crippen LogP contribution in [0.4, 0.5) is 0 Å². The second-order valence-corrected chi connectivity index (χ2v) is 4.93. The van der Waals surface area contributed by atoms with Gasteiger partial charge in [-0.1, -0.05) is 18.2 Å². The minimum atomic E-state index is -0.182. The first-order valence-electron chi connectivity index (χ1n) is 6.45. The Morgan fingerprint density at radius 2 is 2.05 bits per heavy atom. The average molecular weight is 256 g/mol. The molecule has 0 atom stereocenters. The fourth-order valence-electron chi connectivity index (χ4n) is 1.99. The Labute approximate surface area is 111 Å². The molecule has 98 valence electrons. The summed E-state index contributed by atoms with van der Waals surface area (Å²) in [5.41, 5.74) is 2.06. The molecule has 1 heterocycles. The Kier molecular flexibility index (Phi) is 2.81. The maximum Gasteiger partial charge on any atom is 0.291 e. The van der Waals surface area contributed by atoms with E-state index in [1.54, 1.807) is 4.68 Å². The second kappa shape index (κ2) is 4.50. The van der Waals surface area contributed by atoms with Gasteiger partial charge in [0.1, 0.15) is 5.82 Å². The van der Waals surface area contributed by atoms with E-state index < -0.39 is 0 Å². The van der Waals surface area contributed by atoms with Gasteiger partial charge >= 0.3 is 0 Å². The molecule has 3 rings (SSSR count). The maximum absolute atomic E-state index is 11.9. The zero-order chi connectivity index (χ0) is 13.4. The number of carbonyl (C=O) groups excluding carboxylic acids is 1. The lowest BCUT2D eigenvalue weighted by Gasteiger charge is -2.05. The zero-order valence-corrected chi connectivity index (χ0v) is 11.1. The molecule has 1 aliphatic carbocycles. The molecule has 0 radical (unpaired) electrons. The number of hydrogen-bond acceptors (Lipinski definition) is 3. The molecule has 1 fully saturated rings. The van der Waals surface area contributed by atoms with Crippen molar-refractivity contribution >= 4 is 5.91 Å². The van der Waals surface area contributed by atoms with Gasteiger partial charge in [0.05, 0.1) is 5.69 Å². The van der Waals surface area contributed by atoms with Gasteiger partial charge in [0.15, 0.2) is 0 Å². The van der Waals surface area contributed by atoms with E-state index in [0.29, 0.717) is 6.04 Å². The van der Waals surface area contributed by atoms with Gasteiger partial charge in [0.25, 0.3) is 5.91 Å². The van der Waals surface area contributed by atoms with Crippen LogP contribution in [0.3, 0.4) is 0 Å². The van der Waals surface area contributed by atoms with Crippen LogP contribution in [0.25, 0.3) is 5.69 Å². The minimum absolute atomic E-state index is 0.182. The third-order valence-corrected chi connectivity index (χ3v) is 3.23. The van der Waals surface area contributed by atoms with E-state index >= 15 is 0 Å². The molecule has 19 heavy (non-hydrogen) atoms. The normalized spacial score (nSPS) is 14.4. The van der Waals surface area contributed by atoms with Crippen molar-refractivity contribution in [2.24, 2.45) is 0 Å². The molecule has 0 unspecified atom stereocenters. The van der Waals surface area contributed by atoms with E-state index in [-0.39, 0.29) is 11.7 Å². The molecule has 1 amide bonds. The predicted octanol–water partition coefficient (Wildman–Crippen LogP) is 1.78. The van der Waals surface area contributed by atoms with Crippen molar-refractivity contribution in [1.29, 1.82) is 0 Å². The number of nitrogens with zero attached hydrogens (tertiary/aromatic N) is 3. The lowest BCUT2D eigenvalue weighted by Crippen LogP contribution is -2.26. The highest BCUT2D eigenvalue weighted by molar-refractivity contribution is 5.90. The Morgan fingerprint density at radius 1 is 1.32 bits per heavy atom. The first-order chi connectivity index (χ1) is 9.15. The average Bonchev–Trinajstić information content (AvgIpc) is 3.11. The predicted molar refractivity (Wildman–Crippen MR) is 71.3 cm³/mol. The maximum atomic E-state index is 11.9. The summed E-state index contributed by atoms with van der Waals surface area (Å²) in [4.78, 5) is 16.2. The number of amides is 1. The number of benzene rings is 1. The van der Waals surface area contributed by atoms with Crippen molar-refractivity contribution < 1.29 is 4.79 Å². The smallest absolute Gasteiger partial charge is 0.291 e. The van der Waals surface area contributed by atoms with Crippen LogP contribution in [-0.4, -0.2) is 26.7 Å². The molecule has 2 aromatic rings. The van der Waals surface area contributed by atoms with Crippen LogP contribution in [0.5, 0.6) is 0 Å². The highest BCUT2D eigenvalue weighted by Gasteiger charge is 2.26. The SMILES string of the molecule is Cc1ccccc1-n1nc(C(=O)NC2CC2)nc1C. The fraction of sp³-hybridized carbons (Fsp3) is 0.357. The lowest BCUT2D eigenvalue weighted by molar-refractivity contribution is 0.0940. The topological polar surface area (TPSA) is 59.8 Å². The number of carbonyl (C=O) groups is 1. The van der Waals surface area contributed by atoms with Crippen LogP contribution in [0.15, 0.2) is 24.3 Å². The molecule has 5 nitrogen and oxygen atoms in total. The van der Waals surface area contributed by atoms with Crippen LogP contribution < -0.4 is 5.32 Å². The summed E-state index contributed by atoms with van der Waals surface area (Å²) in [6.45, 7) is 3.87. The van der Waals surface area contributed by atoms with Crippen LogP contribution >= 0.6 is 0 Å². The van der Waals surface area contributed by atoms with Crippen molar-refractivity contribution in [1.82, 2.24) is 20.1 Å². The first kappa shape index (κ1) is 11.9. The van der Waals surface area contributed by atoms with E-state index in [0.717, 1.165) is 29.9 Å². The third-order valence-electron chi connectivity index (χ3n) is 3.23. The largest absolute Gasteiger partial charge is 0.347 e. The summed E-state index contributed by atoms with van der Waals surface area (Å²) in [6.07, 6.45) is 2.12. The van der Waals surface area contributed by atoms with Gasteiger partial charge in [-0.3, -0.25) is 4.79 Å². The van der Waals surface area contributed by atoms with E-state index in [2.05, 4.69) is 15.4 Å². The summed E-state index contributed by atoms with van der Waals surface area (Å²) in [6, 6.07) is 8.23. The molecule has 1 saturated carbocycles. The number of para-hydroxylation sites is 1. The van der Waals surface area contributed by atoms with E-state index in [1.165, 1.54) is 0 Å². The molecule has 0 saturated heterocycles. The highest BCUT2D eigenvalue weighted by atomic mass is 16.2. The molecule has 1 N–H and O–H groups in total. The van der Waals surface area contributed by atoms with Crippen molar-refractivity contribution in [2.75, 3.05) is 0 Å². The molecule has 5 heteroatoms. The number of aryl methyl sites for hydroxylation is 2. The molecule has 0 aliphatic heterocycles. The molecule has 1 aliphatic rings. The third kappa shape index (κ3) is 2.36. The van der Waals surface area contributed by atoms with Gasteiger partial charge in [-0.2, -0.15) is 0 Å². The quantitative estimate of drug-likeness (QED) is 0.910. The van der Waals surface area contributed by atoms with Crippen molar-refractivity contribution in [3.05, 3.63) is 41.5 Å². The van der Waals surface area contributed by atoms with Gasteiger partial charge < -0.3 is 5.32 Å². The molecule has 1 aromatic heterocycles. The summed E-state index contributed by atoms with van der Waals surface area (Å²) >= 11 is 0. The molecule has 0 spiro atoms. The van der Waals surface area contributed by atoms with Gasteiger partial charge in [-0.25, -0.2) is 9.67 Å². The lowest BCUT2D eigenvalue weighted by atomic mass is 10.2. The monoisotopic (exact) mass is 256 g/mol. The molecular weight excluding hydrogens is 240 g/mol. The highest BCUT2D eigenvalue weighted by Crippen LogP contribution is 2.19. The van der Waals surface area contributed by atoms with Crippen molar-refractivity contribution in [2.45, 2.75) is 32.7 Å². The zero-order valence-electron chi connectivity index (χ0n) is 11.1. The van der Waals surface area contributed by atoms with Gasteiger partial charge in [-0.15, -0.1) is 5.10 Å². The fourth-order valence-corrected chi connectivity index (χ4v) is 1.99. The standard InChI is InChI=1S/C14H16N4O/c1-9-5-3-4-6-12(9)18-10(2)15-13(17-18)14(19)16-11-7-8-11/h3-6,11H,7-8H2,1-2H3,(H,16,19). The van der Waals surface area contributed by atoms with Crippen LogP contribution in [0.2, 0.25) is 0 Å². The Bertz CT molecular complexity index is 628. The summed E-state index contributed by atoms with van der Waals surface area (Å²) in [5, 5.41) is 7.21. The molecular formula is C14H16N4O. The van der Waals surface area contributed by atoms with Crippen molar-refractivity contribution in [3.63, 3.8) is 0 Å². The van der Waals surface area contributed by atoms with E-state index in [4.69, 9.17) is 0 Å². The van der Waals surface area contributed by atoms with Crippen molar-refractivity contribution in [3.8, 4) is 5.69 Å². The number of nitrogens with one attached hydrogen (secondary N) is 1. The van der Waals surface area contributed by atoms with Crippen LogP contribution in [0, 0.1) is 13.8 Å². The number of aromatic nitrogens is 3. The summed E-state index contributed by atoms with van der Waals surface area (Å²) in [5.74, 6) is 0.779. The Balaban J connectivity index is 1.92. The molecule has 0 bridgehead atoms. The minimum Gasteiger partial charge on any atom is -0.347 e. The van der Waals surface area contributed by atoms with E-state index in [9.17, 15) is 4.79 Å². The van der Waals surface area contributed by atoms with Gasteiger partial charge in [0.2, 0.25) is 5.82 Å². The Morgan fingerprint density at radius 3 is 2.74 bits per heavy atom. The van der Waals surface area contributed by atoms with Gasteiger partial charge in [-0.05, 0) is 38.3 Å². The van der Waals surface area contributed by atoms with Crippen LogP contribution in [0.1, 0.15) is 34.8 Å². The van der Waals surface area contributed by atoms with Gasteiger partial charge in [0, 0.05) is 6.04 Å². The molecule has 1 aromatic carbocycles. The van der Waals surface area contributed by atoms with Crippen LogP contribution in [-0.2, 0) is 0 Å². The summed E-state index contributed by atoms with van der Waals surface area (Å²) in [7, 11) is 0. The Hall–Kier alpha value is -2.17. The first-order valence-corrected chi connectivity index (χ1v) is 6.45.